The van der Waals surface area contributed by atoms with Crippen LogP contribution in [0.2, 0.25) is 0 Å². The van der Waals surface area contributed by atoms with Crippen LogP contribution in [0, 0.1) is 10.8 Å². The van der Waals surface area contributed by atoms with Gasteiger partial charge in [0.05, 0.1) is 0 Å². The number of benzene rings is 2. The summed E-state index contributed by atoms with van der Waals surface area (Å²) in [6.45, 7) is 7.17. The van der Waals surface area contributed by atoms with Crippen molar-refractivity contribution in [3.05, 3.63) is 60.7 Å². The number of hydrogen-bond donors (Lipinski definition) is 4. The molecule has 160 valence electrons. The highest BCUT2D eigenvalue weighted by Crippen LogP contribution is 2.45. The van der Waals surface area contributed by atoms with Gasteiger partial charge in [0.25, 0.3) is 0 Å². The molecule has 3 rings (SSSR count). The number of rotatable bonds is 5. The smallest absolute Gasteiger partial charge is 0.319 e. The molecule has 1 fully saturated rings. The summed E-state index contributed by atoms with van der Waals surface area (Å²) in [5.74, 6) is 0. The van der Waals surface area contributed by atoms with Gasteiger partial charge >= 0.3 is 12.1 Å². The molecule has 2 aromatic rings. The molecule has 0 aliphatic heterocycles. The summed E-state index contributed by atoms with van der Waals surface area (Å²) in [6, 6.07) is 18.5. The molecule has 1 saturated carbocycles. The van der Waals surface area contributed by atoms with Gasteiger partial charge in [-0.3, -0.25) is 0 Å². The van der Waals surface area contributed by atoms with Gasteiger partial charge in [0.15, 0.2) is 0 Å². The van der Waals surface area contributed by atoms with E-state index in [0.29, 0.717) is 6.54 Å². The average Bonchev–Trinajstić information content (AvgIpc) is 2.66. The van der Waals surface area contributed by atoms with Crippen molar-refractivity contribution in [1.29, 1.82) is 0 Å². The Morgan fingerprint density at radius 1 is 0.833 bits per heavy atom. The lowest BCUT2D eigenvalue weighted by Crippen LogP contribution is -2.51. The maximum atomic E-state index is 12.5. The summed E-state index contributed by atoms with van der Waals surface area (Å²) in [4.78, 5) is 24.8. The number of amides is 4. The van der Waals surface area contributed by atoms with Crippen LogP contribution in [0.3, 0.4) is 0 Å². The molecule has 4 N–H and O–H groups in total. The standard InChI is InChI=1S/C24H32N4O2/c1-23(2)14-20(28-22(30)27-19-12-8-5-9-13-19)15-24(3,16-23)17-25-21(29)26-18-10-6-4-7-11-18/h4-13,20H,14-17H2,1-3H3,(H2,25,26,29)(H2,27,28,30). The van der Waals surface area contributed by atoms with Gasteiger partial charge < -0.3 is 21.3 Å². The summed E-state index contributed by atoms with van der Waals surface area (Å²) in [5, 5.41) is 11.9. The Balaban J connectivity index is 1.56. The van der Waals surface area contributed by atoms with Crippen LogP contribution >= 0.6 is 0 Å². The molecular weight excluding hydrogens is 376 g/mol. The molecule has 1 aliphatic rings. The van der Waals surface area contributed by atoms with Crippen LogP contribution in [-0.2, 0) is 0 Å². The zero-order valence-electron chi connectivity index (χ0n) is 18.0. The molecule has 30 heavy (non-hydrogen) atoms. The van der Waals surface area contributed by atoms with Crippen molar-refractivity contribution in [2.45, 2.75) is 46.1 Å². The van der Waals surface area contributed by atoms with Crippen molar-refractivity contribution in [1.82, 2.24) is 10.6 Å². The van der Waals surface area contributed by atoms with E-state index >= 15 is 0 Å². The number of carbonyl (C=O) groups excluding carboxylic acids is 2. The number of para-hydroxylation sites is 2. The first-order valence-electron chi connectivity index (χ1n) is 10.5. The number of urea groups is 2. The minimum Gasteiger partial charge on any atom is -0.337 e. The zero-order chi connectivity index (χ0) is 21.6. The highest BCUT2D eigenvalue weighted by atomic mass is 16.2. The van der Waals surface area contributed by atoms with Crippen LogP contribution in [-0.4, -0.2) is 24.6 Å². The molecule has 6 nitrogen and oxygen atoms in total. The number of hydrogen-bond acceptors (Lipinski definition) is 2. The molecular formula is C24H32N4O2. The zero-order valence-corrected chi connectivity index (χ0v) is 18.0. The molecule has 2 atom stereocenters. The number of nitrogens with one attached hydrogen (secondary N) is 4. The first-order chi connectivity index (χ1) is 14.2. The van der Waals surface area contributed by atoms with E-state index in [9.17, 15) is 9.59 Å². The van der Waals surface area contributed by atoms with Crippen molar-refractivity contribution in [3.8, 4) is 0 Å². The fourth-order valence-electron chi connectivity index (χ4n) is 4.73. The minimum absolute atomic E-state index is 0.0430. The van der Waals surface area contributed by atoms with Gasteiger partial charge in [0.1, 0.15) is 0 Å². The van der Waals surface area contributed by atoms with E-state index in [-0.39, 0.29) is 28.9 Å². The maximum absolute atomic E-state index is 12.5. The SMILES string of the molecule is CC1(C)CC(NC(=O)Nc2ccccc2)CC(C)(CNC(=O)Nc2ccccc2)C1. The highest BCUT2D eigenvalue weighted by molar-refractivity contribution is 5.89. The van der Waals surface area contributed by atoms with Crippen LogP contribution < -0.4 is 21.3 Å². The first-order valence-corrected chi connectivity index (χ1v) is 10.5. The fraction of sp³-hybridized carbons (Fsp3) is 0.417. The Morgan fingerprint density at radius 3 is 1.93 bits per heavy atom. The summed E-state index contributed by atoms with van der Waals surface area (Å²) >= 11 is 0. The lowest BCUT2D eigenvalue weighted by molar-refractivity contribution is 0.0761. The van der Waals surface area contributed by atoms with E-state index in [2.05, 4.69) is 42.0 Å². The summed E-state index contributed by atoms with van der Waals surface area (Å²) in [6.07, 6.45) is 2.69. The highest BCUT2D eigenvalue weighted by Gasteiger charge is 2.41. The van der Waals surface area contributed by atoms with E-state index in [1.807, 2.05) is 60.7 Å². The van der Waals surface area contributed by atoms with Crippen molar-refractivity contribution in [3.63, 3.8) is 0 Å². The van der Waals surface area contributed by atoms with Crippen molar-refractivity contribution >= 4 is 23.4 Å². The Kier molecular flexibility index (Phi) is 6.65. The molecule has 0 spiro atoms. The van der Waals surface area contributed by atoms with Crippen LogP contribution in [0.4, 0.5) is 21.0 Å². The van der Waals surface area contributed by atoms with Gasteiger partial charge in [-0.1, -0.05) is 57.2 Å². The van der Waals surface area contributed by atoms with Gasteiger partial charge in [0.2, 0.25) is 0 Å². The Bertz CT molecular complexity index is 854. The van der Waals surface area contributed by atoms with Crippen molar-refractivity contribution in [2.75, 3.05) is 17.2 Å². The predicted octanol–water partition coefficient (Wildman–Crippen LogP) is 5.21. The molecule has 1 aliphatic carbocycles. The molecule has 2 aromatic carbocycles. The quantitative estimate of drug-likeness (QED) is 0.547. The average molecular weight is 409 g/mol. The van der Waals surface area contributed by atoms with Crippen LogP contribution in [0.15, 0.2) is 60.7 Å². The lowest BCUT2D eigenvalue weighted by Gasteiger charge is -2.46. The summed E-state index contributed by atoms with van der Waals surface area (Å²) < 4.78 is 0. The molecule has 0 saturated heterocycles. The monoisotopic (exact) mass is 408 g/mol. The van der Waals surface area contributed by atoms with Gasteiger partial charge in [-0.2, -0.15) is 0 Å². The molecule has 6 heteroatoms. The van der Waals surface area contributed by atoms with Crippen molar-refractivity contribution < 1.29 is 9.59 Å². The number of anilines is 2. The topological polar surface area (TPSA) is 82.3 Å². The Morgan fingerprint density at radius 2 is 1.37 bits per heavy atom. The van der Waals surface area contributed by atoms with Crippen LogP contribution in [0.1, 0.15) is 40.0 Å². The van der Waals surface area contributed by atoms with E-state index < -0.39 is 0 Å². The minimum atomic E-state index is -0.211. The second-order valence-corrected chi connectivity index (χ2v) is 9.40. The van der Waals surface area contributed by atoms with E-state index in [0.717, 1.165) is 30.6 Å². The van der Waals surface area contributed by atoms with Gasteiger partial charge in [0, 0.05) is 24.0 Å². The second kappa shape index (κ2) is 9.20. The Hall–Kier alpha value is -3.02. The van der Waals surface area contributed by atoms with E-state index in [1.54, 1.807) is 0 Å². The fourth-order valence-corrected chi connectivity index (χ4v) is 4.73. The molecule has 0 aromatic heterocycles. The van der Waals surface area contributed by atoms with Crippen LogP contribution in [0.25, 0.3) is 0 Å². The van der Waals surface area contributed by atoms with Gasteiger partial charge in [-0.05, 0) is 54.4 Å². The maximum Gasteiger partial charge on any atom is 0.319 e. The molecule has 0 heterocycles. The molecule has 0 radical (unpaired) electrons. The third-order valence-electron chi connectivity index (χ3n) is 5.52. The predicted molar refractivity (Wildman–Crippen MR) is 122 cm³/mol. The van der Waals surface area contributed by atoms with Crippen LogP contribution in [0.5, 0.6) is 0 Å². The molecule has 2 unspecified atom stereocenters. The third kappa shape index (κ3) is 6.51. The van der Waals surface area contributed by atoms with E-state index in [4.69, 9.17) is 0 Å². The lowest BCUT2D eigenvalue weighted by atomic mass is 9.62. The van der Waals surface area contributed by atoms with E-state index in [1.165, 1.54) is 0 Å². The normalized spacial score (nSPS) is 22.6. The van der Waals surface area contributed by atoms with Crippen molar-refractivity contribution in [2.24, 2.45) is 10.8 Å². The largest absolute Gasteiger partial charge is 0.337 e. The number of carbonyl (C=O) groups is 2. The molecule has 4 amide bonds. The second-order valence-electron chi connectivity index (χ2n) is 9.40. The third-order valence-corrected chi connectivity index (χ3v) is 5.52. The first kappa shape index (κ1) is 21.7. The summed E-state index contributed by atoms with van der Waals surface area (Å²) in [5.41, 5.74) is 1.49. The molecule has 0 bridgehead atoms. The van der Waals surface area contributed by atoms with Gasteiger partial charge in [-0.15, -0.1) is 0 Å². The van der Waals surface area contributed by atoms with Gasteiger partial charge in [-0.25, -0.2) is 9.59 Å². The summed E-state index contributed by atoms with van der Waals surface area (Å²) in [7, 11) is 0. The Labute approximate surface area is 178 Å².